The summed E-state index contributed by atoms with van der Waals surface area (Å²) in [5.74, 6) is 0.634. The van der Waals surface area contributed by atoms with E-state index in [1.807, 2.05) is 0 Å². The number of fused-ring (bicyclic) bond motifs is 1. The molecule has 1 amide bonds. The van der Waals surface area contributed by atoms with Crippen molar-refractivity contribution in [2.45, 2.75) is 45.4 Å². The van der Waals surface area contributed by atoms with Crippen molar-refractivity contribution in [3.63, 3.8) is 0 Å². The van der Waals surface area contributed by atoms with Gasteiger partial charge in [0.05, 0.1) is 12.5 Å². The predicted octanol–water partition coefficient (Wildman–Crippen LogP) is 4.96. The second kappa shape index (κ2) is 12.1. The number of likely N-dealkylation sites (tertiary alicyclic amines) is 1. The van der Waals surface area contributed by atoms with E-state index >= 15 is 0 Å². The highest BCUT2D eigenvalue weighted by Crippen LogP contribution is 2.22. The number of benzene rings is 3. The fourth-order valence-electron chi connectivity index (χ4n) is 5.76. The van der Waals surface area contributed by atoms with E-state index in [4.69, 9.17) is 4.52 Å². The molecule has 4 aromatic rings. The number of nitrogens with zero attached hydrogens (tertiary/aromatic N) is 4. The van der Waals surface area contributed by atoms with Crippen LogP contribution in [0.25, 0.3) is 11.4 Å². The Bertz CT molecular complexity index is 1450. The third kappa shape index (κ3) is 6.46. The van der Waals surface area contributed by atoms with Gasteiger partial charge in [0.1, 0.15) is 5.82 Å². The summed E-state index contributed by atoms with van der Waals surface area (Å²) >= 11 is 0. The molecule has 0 saturated carbocycles. The summed E-state index contributed by atoms with van der Waals surface area (Å²) in [5.41, 5.74) is 5.98. The number of amides is 1. The van der Waals surface area contributed by atoms with Crippen molar-refractivity contribution in [1.29, 1.82) is 0 Å². The second-order valence-corrected chi connectivity index (χ2v) is 10.9. The number of hydrogen-bond acceptors (Lipinski definition) is 6. The normalized spacial score (nSPS) is 17.9. The summed E-state index contributed by atoms with van der Waals surface area (Å²) in [6, 6.07) is 23.3. The molecule has 1 aromatic heterocycles. The van der Waals surface area contributed by atoms with Gasteiger partial charge in [-0.15, -0.1) is 0 Å². The fraction of sp³-hybridized carbons (Fsp3) is 0.344. The van der Waals surface area contributed by atoms with E-state index in [1.54, 1.807) is 12.1 Å². The van der Waals surface area contributed by atoms with Gasteiger partial charge in [0.25, 0.3) is 0 Å². The van der Waals surface area contributed by atoms with E-state index in [-0.39, 0.29) is 17.6 Å². The van der Waals surface area contributed by atoms with Crippen LogP contribution in [0.1, 0.15) is 41.0 Å². The highest BCUT2D eigenvalue weighted by Gasteiger charge is 2.27. The summed E-state index contributed by atoms with van der Waals surface area (Å²) in [7, 11) is 0. The molecule has 0 spiro atoms. The maximum Gasteiger partial charge on any atom is 0.241 e. The molecule has 2 aliphatic heterocycles. The molecule has 3 heterocycles. The number of piperidine rings is 1. The summed E-state index contributed by atoms with van der Waals surface area (Å²) < 4.78 is 18.6. The molecule has 206 valence electrons. The van der Waals surface area contributed by atoms with Gasteiger partial charge in [0.2, 0.25) is 17.6 Å². The van der Waals surface area contributed by atoms with Gasteiger partial charge in [-0.25, -0.2) is 4.39 Å². The van der Waals surface area contributed by atoms with Crippen LogP contribution >= 0.6 is 0 Å². The predicted molar refractivity (Wildman–Crippen MR) is 150 cm³/mol. The molecule has 1 saturated heterocycles. The van der Waals surface area contributed by atoms with Crippen LogP contribution in [0.4, 0.5) is 4.39 Å². The monoisotopic (exact) mass is 539 g/mol. The van der Waals surface area contributed by atoms with Crippen LogP contribution in [0.3, 0.4) is 0 Å². The van der Waals surface area contributed by atoms with E-state index in [0.717, 1.165) is 51.0 Å². The lowest BCUT2D eigenvalue weighted by Gasteiger charge is -2.31. The van der Waals surface area contributed by atoms with Gasteiger partial charge in [0, 0.05) is 38.3 Å². The molecule has 3 aromatic carbocycles. The van der Waals surface area contributed by atoms with Gasteiger partial charge in [-0.05, 0) is 72.3 Å². The van der Waals surface area contributed by atoms with Crippen LogP contribution in [-0.4, -0.2) is 45.5 Å². The minimum absolute atomic E-state index is 0.0789. The van der Waals surface area contributed by atoms with E-state index in [1.165, 1.54) is 28.8 Å². The molecular weight excluding hydrogens is 505 g/mol. The van der Waals surface area contributed by atoms with E-state index < -0.39 is 0 Å². The van der Waals surface area contributed by atoms with Crippen LogP contribution in [-0.2, 0) is 37.4 Å². The molecule has 1 N–H and O–H groups in total. The second-order valence-electron chi connectivity index (χ2n) is 10.9. The third-order valence-corrected chi connectivity index (χ3v) is 7.88. The van der Waals surface area contributed by atoms with E-state index in [0.29, 0.717) is 36.9 Å². The Kier molecular flexibility index (Phi) is 7.97. The topological polar surface area (TPSA) is 74.5 Å². The minimum Gasteiger partial charge on any atom is -0.352 e. The van der Waals surface area contributed by atoms with E-state index in [2.05, 4.69) is 73.8 Å². The molecule has 2 aliphatic rings. The Hall–Kier alpha value is -3.88. The SMILES string of the molecule is O=C(NCc1cccc(CN2CCc3ccccc3C2)c1)C1CCCN(Cc2nc(-c3ccc(F)cc3)no2)C1. The van der Waals surface area contributed by atoms with Crippen LogP contribution in [0, 0.1) is 11.7 Å². The number of carbonyl (C=O) groups excluding carboxylic acids is 1. The van der Waals surface area contributed by atoms with Gasteiger partial charge in [-0.3, -0.25) is 14.6 Å². The van der Waals surface area contributed by atoms with Gasteiger partial charge in [-0.2, -0.15) is 4.98 Å². The maximum atomic E-state index is 13.2. The van der Waals surface area contributed by atoms with Crippen molar-refractivity contribution in [3.8, 4) is 11.4 Å². The Morgan fingerprint density at radius 2 is 1.77 bits per heavy atom. The van der Waals surface area contributed by atoms with Gasteiger partial charge < -0.3 is 9.84 Å². The van der Waals surface area contributed by atoms with Gasteiger partial charge in [0.15, 0.2) is 0 Å². The zero-order chi connectivity index (χ0) is 27.3. The van der Waals surface area contributed by atoms with Crippen molar-refractivity contribution in [2.75, 3.05) is 19.6 Å². The standard InChI is InChI=1S/C32H34FN5O2/c33-29-12-10-26(11-13-29)31-35-30(40-36-31)22-37-15-4-9-28(21-37)32(39)34-18-23-5-3-6-24(17-23)19-38-16-14-25-7-1-2-8-27(25)20-38/h1-3,5-8,10-13,17,28H,4,9,14-16,18-22H2,(H,34,39). The molecule has 0 aliphatic carbocycles. The average Bonchev–Trinajstić information content (AvgIpc) is 3.45. The summed E-state index contributed by atoms with van der Waals surface area (Å²) in [4.78, 5) is 22.2. The molecule has 1 unspecified atom stereocenters. The van der Waals surface area contributed by atoms with Crippen LogP contribution in [0.15, 0.2) is 77.3 Å². The Balaban J connectivity index is 0.993. The number of carbonyl (C=O) groups is 1. The molecule has 40 heavy (non-hydrogen) atoms. The molecule has 7 nitrogen and oxygen atoms in total. The molecule has 1 fully saturated rings. The highest BCUT2D eigenvalue weighted by molar-refractivity contribution is 5.79. The van der Waals surface area contributed by atoms with Gasteiger partial charge in [-0.1, -0.05) is 53.7 Å². The first-order valence-corrected chi connectivity index (χ1v) is 14.0. The molecular formula is C32H34FN5O2. The highest BCUT2D eigenvalue weighted by atomic mass is 19.1. The molecule has 6 rings (SSSR count). The number of nitrogens with one attached hydrogen (secondary N) is 1. The summed E-state index contributed by atoms with van der Waals surface area (Å²) in [6.07, 6.45) is 2.89. The first-order chi connectivity index (χ1) is 19.6. The molecule has 0 radical (unpaired) electrons. The zero-order valence-electron chi connectivity index (χ0n) is 22.6. The van der Waals surface area contributed by atoms with Crippen molar-refractivity contribution in [1.82, 2.24) is 25.3 Å². The fourth-order valence-corrected chi connectivity index (χ4v) is 5.76. The first kappa shape index (κ1) is 26.3. The van der Waals surface area contributed by atoms with Crippen LogP contribution in [0.5, 0.6) is 0 Å². The Morgan fingerprint density at radius 3 is 2.65 bits per heavy atom. The van der Waals surface area contributed by atoms with Crippen molar-refractivity contribution in [3.05, 3.63) is 107 Å². The lowest BCUT2D eigenvalue weighted by atomic mass is 9.97. The lowest BCUT2D eigenvalue weighted by Crippen LogP contribution is -2.42. The van der Waals surface area contributed by atoms with Crippen molar-refractivity contribution >= 4 is 5.91 Å². The molecule has 1 atom stereocenters. The van der Waals surface area contributed by atoms with Crippen LogP contribution in [0.2, 0.25) is 0 Å². The van der Waals surface area contributed by atoms with Crippen molar-refractivity contribution in [2.24, 2.45) is 5.92 Å². The quantitative estimate of drug-likeness (QED) is 0.341. The van der Waals surface area contributed by atoms with Crippen LogP contribution < -0.4 is 5.32 Å². The number of halogens is 1. The molecule has 8 heteroatoms. The maximum absolute atomic E-state index is 13.2. The summed E-state index contributed by atoms with van der Waals surface area (Å²) in [5, 5.41) is 7.20. The lowest BCUT2D eigenvalue weighted by molar-refractivity contribution is -0.127. The first-order valence-electron chi connectivity index (χ1n) is 14.0. The minimum atomic E-state index is -0.304. The third-order valence-electron chi connectivity index (χ3n) is 7.88. The average molecular weight is 540 g/mol. The number of hydrogen-bond donors (Lipinski definition) is 1. The molecule has 0 bridgehead atoms. The smallest absolute Gasteiger partial charge is 0.241 e. The Labute approximate surface area is 234 Å². The van der Waals surface area contributed by atoms with E-state index in [9.17, 15) is 9.18 Å². The largest absolute Gasteiger partial charge is 0.352 e. The Morgan fingerprint density at radius 1 is 0.950 bits per heavy atom. The summed E-state index contributed by atoms with van der Waals surface area (Å²) in [6.45, 7) is 5.49. The van der Waals surface area contributed by atoms with Gasteiger partial charge >= 0.3 is 0 Å². The number of aromatic nitrogens is 2. The zero-order valence-corrected chi connectivity index (χ0v) is 22.6. The van der Waals surface area contributed by atoms with Crippen molar-refractivity contribution < 1.29 is 13.7 Å². The number of rotatable bonds is 8.